The summed E-state index contributed by atoms with van der Waals surface area (Å²) in [6.07, 6.45) is 8.33. The van der Waals surface area contributed by atoms with Gasteiger partial charge in [-0.3, -0.25) is 4.68 Å². The minimum Gasteiger partial charge on any atom is -0.367 e. The Balaban J connectivity index is 1.81. The summed E-state index contributed by atoms with van der Waals surface area (Å²) in [5, 5.41) is 17.1. The minimum absolute atomic E-state index is 0.170. The molecule has 2 aromatic rings. The van der Waals surface area contributed by atoms with E-state index in [0.29, 0.717) is 17.9 Å². The molecule has 0 spiro atoms. The van der Waals surface area contributed by atoms with Gasteiger partial charge >= 0.3 is 0 Å². The second-order valence-electron chi connectivity index (χ2n) is 6.62. The van der Waals surface area contributed by atoms with E-state index in [1.807, 2.05) is 44.3 Å². The number of fused-ring (bicyclic) bond motifs is 1. The van der Waals surface area contributed by atoms with Gasteiger partial charge in [0.05, 0.1) is 17.8 Å². The molecule has 1 N–H and O–H groups in total. The van der Waals surface area contributed by atoms with E-state index in [9.17, 15) is 5.26 Å². The van der Waals surface area contributed by atoms with Crippen molar-refractivity contribution in [3.8, 4) is 6.07 Å². The van der Waals surface area contributed by atoms with Crippen molar-refractivity contribution in [1.82, 2.24) is 19.7 Å². The van der Waals surface area contributed by atoms with Gasteiger partial charge in [-0.1, -0.05) is 0 Å². The van der Waals surface area contributed by atoms with E-state index < -0.39 is 0 Å². The zero-order chi connectivity index (χ0) is 17.1. The van der Waals surface area contributed by atoms with Crippen LogP contribution in [0.4, 0.5) is 5.82 Å². The minimum atomic E-state index is 0.170. The Morgan fingerprint density at radius 3 is 2.83 bits per heavy atom. The molecule has 3 rings (SSSR count). The summed E-state index contributed by atoms with van der Waals surface area (Å²) in [5.41, 5.74) is 4.16. The van der Waals surface area contributed by atoms with Crippen molar-refractivity contribution in [3.05, 3.63) is 40.8 Å². The Labute approximate surface area is 143 Å². The molecule has 2 aromatic heterocycles. The average Bonchev–Trinajstić information content (AvgIpc) is 3.00. The molecule has 0 aromatic carbocycles. The van der Waals surface area contributed by atoms with Gasteiger partial charge in [0.2, 0.25) is 0 Å². The maximum Gasteiger partial charge on any atom is 0.144 e. The second kappa shape index (κ2) is 7.02. The van der Waals surface area contributed by atoms with E-state index >= 15 is 0 Å². The molecule has 0 amide bonds. The first-order valence-electron chi connectivity index (χ1n) is 8.40. The zero-order valence-electron chi connectivity index (χ0n) is 14.6. The van der Waals surface area contributed by atoms with Crippen LogP contribution in [0.3, 0.4) is 0 Å². The standard InChI is InChI=1S/C18H24N6/c1-23(2)17(15-10-21-24(3)12-15)11-20-18-14(9-19)8-13-6-4-5-7-16(13)22-18/h8,10,12,17H,4-7,11H2,1-3H3,(H,20,22)/t17-/m1/s1. The first-order valence-corrected chi connectivity index (χ1v) is 8.40. The molecule has 0 radical (unpaired) electrons. The Hall–Kier alpha value is -2.39. The first-order chi connectivity index (χ1) is 11.6. The molecule has 1 aliphatic carbocycles. The maximum absolute atomic E-state index is 9.46. The molecule has 0 fully saturated rings. The number of rotatable bonds is 5. The number of aryl methyl sites for hydroxylation is 3. The fraction of sp³-hybridized carbons (Fsp3) is 0.500. The number of nitrogens with zero attached hydrogens (tertiary/aromatic N) is 5. The lowest BCUT2D eigenvalue weighted by Gasteiger charge is -2.24. The lowest BCUT2D eigenvalue weighted by atomic mass is 9.95. The van der Waals surface area contributed by atoms with Gasteiger partial charge in [-0.25, -0.2) is 4.98 Å². The van der Waals surface area contributed by atoms with Crippen LogP contribution < -0.4 is 5.32 Å². The predicted molar refractivity (Wildman–Crippen MR) is 93.7 cm³/mol. The molecule has 24 heavy (non-hydrogen) atoms. The summed E-state index contributed by atoms with van der Waals surface area (Å²) in [5.74, 6) is 0.703. The highest BCUT2D eigenvalue weighted by atomic mass is 15.2. The Morgan fingerprint density at radius 1 is 1.38 bits per heavy atom. The molecular formula is C18H24N6. The van der Waals surface area contributed by atoms with Crippen LogP contribution >= 0.6 is 0 Å². The third kappa shape index (κ3) is 3.41. The van der Waals surface area contributed by atoms with Crippen molar-refractivity contribution in [1.29, 1.82) is 5.26 Å². The van der Waals surface area contributed by atoms with E-state index in [2.05, 4.69) is 21.4 Å². The van der Waals surface area contributed by atoms with Crippen molar-refractivity contribution in [3.63, 3.8) is 0 Å². The van der Waals surface area contributed by atoms with E-state index in [-0.39, 0.29) is 6.04 Å². The Bertz CT molecular complexity index is 755. The van der Waals surface area contributed by atoms with Crippen molar-refractivity contribution in [2.24, 2.45) is 7.05 Å². The van der Waals surface area contributed by atoms with Gasteiger partial charge in [0, 0.05) is 31.0 Å². The fourth-order valence-corrected chi connectivity index (χ4v) is 3.26. The molecule has 2 heterocycles. The number of pyridine rings is 1. The van der Waals surface area contributed by atoms with Gasteiger partial charge < -0.3 is 10.2 Å². The zero-order valence-corrected chi connectivity index (χ0v) is 14.6. The van der Waals surface area contributed by atoms with Gasteiger partial charge in [-0.05, 0) is 51.4 Å². The van der Waals surface area contributed by atoms with Crippen molar-refractivity contribution < 1.29 is 0 Å². The number of hydrogen-bond donors (Lipinski definition) is 1. The van der Waals surface area contributed by atoms with Gasteiger partial charge in [-0.2, -0.15) is 10.4 Å². The molecule has 6 nitrogen and oxygen atoms in total. The number of aromatic nitrogens is 3. The molecule has 126 valence electrons. The lowest BCUT2D eigenvalue weighted by Crippen LogP contribution is -2.27. The van der Waals surface area contributed by atoms with E-state index in [0.717, 1.165) is 24.1 Å². The van der Waals surface area contributed by atoms with Crippen molar-refractivity contribution in [2.75, 3.05) is 26.0 Å². The van der Waals surface area contributed by atoms with Crippen LogP contribution in [0.2, 0.25) is 0 Å². The molecule has 1 aliphatic rings. The highest BCUT2D eigenvalue weighted by molar-refractivity contribution is 5.55. The molecule has 0 saturated heterocycles. The van der Waals surface area contributed by atoms with Gasteiger partial charge in [0.25, 0.3) is 0 Å². The van der Waals surface area contributed by atoms with Crippen LogP contribution in [0.5, 0.6) is 0 Å². The summed E-state index contributed by atoms with van der Waals surface area (Å²) in [4.78, 5) is 6.89. The van der Waals surface area contributed by atoms with E-state index in [4.69, 9.17) is 4.98 Å². The van der Waals surface area contributed by atoms with Crippen LogP contribution in [-0.4, -0.2) is 40.3 Å². The molecule has 0 aliphatic heterocycles. The topological polar surface area (TPSA) is 69.8 Å². The highest BCUT2D eigenvalue weighted by Crippen LogP contribution is 2.25. The third-order valence-electron chi connectivity index (χ3n) is 4.62. The number of nitrogens with one attached hydrogen (secondary N) is 1. The largest absolute Gasteiger partial charge is 0.367 e. The lowest BCUT2D eigenvalue weighted by molar-refractivity contribution is 0.311. The highest BCUT2D eigenvalue weighted by Gasteiger charge is 2.19. The van der Waals surface area contributed by atoms with Crippen LogP contribution in [0.25, 0.3) is 0 Å². The maximum atomic E-state index is 9.46. The summed E-state index contributed by atoms with van der Waals surface area (Å²) >= 11 is 0. The summed E-state index contributed by atoms with van der Waals surface area (Å²) in [6.45, 7) is 0.680. The monoisotopic (exact) mass is 324 g/mol. The Morgan fingerprint density at radius 2 is 2.17 bits per heavy atom. The second-order valence-corrected chi connectivity index (χ2v) is 6.62. The molecular weight excluding hydrogens is 300 g/mol. The molecule has 0 saturated carbocycles. The SMILES string of the molecule is CN(C)[C@H](CNc1nc2c(cc1C#N)CCCC2)c1cnn(C)c1. The summed E-state index contributed by atoms with van der Waals surface area (Å²) < 4.78 is 1.81. The molecule has 6 heteroatoms. The smallest absolute Gasteiger partial charge is 0.144 e. The van der Waals surface area contributed by atoms with Crippen LogP contribution in [0.15, 0.2) is 18.5 Å². The number of nitriles is 1. The van der Waals surface area contributed by atoms with E-state index in [1.54, 1.807) is 0 Å². The van der Waals surface area contributed by atoms with Crippen LogP contribution in [0, 0.1) is 11.3 Å². The number of anilines is 1. The van der Waals surface area contributed by atoms with Gasteiger partial charge in [0.15, 0.2) is 0 Å². The molecule has 1 atom stereocenters. The van der Waals surface area contributed by atoms with Crippen LogP contribution in [-0.2, 0) is 19.9 Å². The van der Waals surface area contributed by atoms with Crippen LogP contribution in [0.1, 0.15) is 41.3 Å². The van der Waals surface area contributed by atoms with E-state index in [1.165, 1.54) is 18.4 Å². The van der Waals surface area contributed by atoms with Gasteiger partial charge in [0.1, 0.15) is 11.9 Å². The number of likely N-dealkylation sites (N-methyl/N-ethyl adjacent to an activating group) is 1. The fourth-order valence-electron chi connectivity index (χ4n) is 3.26. The Kier molecular flexibility index (Phi) is 4.81. The normalized spacial score (nSPS) is 15.0. The summed E-state index contributed by atoms with van der Waals surface area (Å²) in [6, 6.07) is 4.47. The molecule has 0 unspecified atom stereocenters. The quantitative estimate of drug-likeness (QED) is 0.914. The molecule has 0 bridgehead atoms. The predicted octanol–water partition coefficient (Wildman–Crippen LogP) is 2.28. The van der Waals surface area contributed by atoms with Crippen molar-refractivity contribution in [2.45, 2.75) is 31.7 Å². The number of hydrogen-bond acceptors (Lipinski definition) is 5. The van der Waals surface area contributed by atoms with Gasteiger partial charge in [-0.15, -0.1) is 0 Å². The summed E-state index contributed by atoms with van der Waals surface area (Å²) in [7, 11) is 6.01. The van der Waals surface area contributed by atoms with Crippen molar-refractivity contribution >= 4 is 5.82 Å². The average molecular weight is 324 g/mol. The third-order valence-corrected chi connectivity index (χ3v) is 4.62. The first kappa shape index (κ1) is 16.5.